The number of hydrogen-bond acceptors (Lipinski definition) is 4. The van der Waals surface area contributed by atoms with Gasteiger partial charge < -0.3 is 15.5 Å². The second-order valence-electron chi connectivity index (χ2n) is 5.93. The van der Waals surface area contributed by atoms with Gasteiger partial charge in [-0.25, -0.2) is 4.98 Å². The molecule has 7 heteroatoms. The van der Waals surface area contributed by atoms with Gasteiger partial charge in [0.25, 0.3) is 0 Å². The highest BCUT2D eigenvalue weighted by atomic mass is 127. The van der Waals surface area contributed by atoms with Crippen molar-refractivity contribution in [3.8, 4) is 0 Å². The Kier molecular flexibility index (Phi) is 10.4. The van der Waals surface area contributed by atoms with Gasteiger partial charge in [0.2, 0.25) is 0 Å². The highest BCUT2D eigenvalue weighted by molar-refractivity contribution is 14.0. The van der Waals surface area contributed by atoms with Gasteiger partial charge >= 0.3 is 0 Å². The molecule has 2 N–H and O–H groups in total. The summed E-state index contributed by atoms with van der Waals surface area (Å²) in [5, 5.41) is 7.14. The summed E-state index contributed by atoms with van der Waals surface area (Å²) >= 11 is 1.85. The van der Waals surface area contributed by atoms with E-state index in [9.17, 15) is 0 Å². The molecule has 0 bridgehead atoms. The Balaban J connectivity index is 0.00000338. The molecule has 26 heavy (non-hydrogen) atoms. The Hall–Kier alpha value is -1.48. The lowest BCUT2D eigenvalue weighted by Gasteiger charge is -2.16. The fraction of sp³-hybridized carbons (Fsp3) is 0.368. The van der Waals surface area contributed by atoms with E-state index in [0.29, 0.717) is 11.8 Å². The van der Waals surface area contributed by atoms with Crippen molar-refractivity contribution in [1.29, 1.82) is 0 Å². The summed E-state index contributed by atoms with van der Waals surface area (Å²) in [6, 6.07) is 16.5. The number of benzene rings is 1. The van der Waals surface area contributed by atoms with E-state index in [1.165, 1.54) is 4.90 Å². The lowest BCUT2D eigenvalue weighted by atomic mass is 10.3. The molecule has 0 saturated carbocycles. The van der Waals surface area contributed by atoms with Gasteiger partial charge in [-0.2, -0.15) is 0 Å². The number of halogens is 1. The molecule has 2 rings (SSSR count). The molecule has 0 aliphatic rings. The third kappa shape index (κ3) is 7.82. The number of rotatable bonds is 7. The van der Waals surface area contributed by atoms with E-state index in [1.807, 2.05) is 55.0 Å². The number of aliphatic imine (C=N–C) groups is 1. The molecule has 0 aliphatic carbocycles. The molecule has 1 atom stereocenters. The molecule has 1 aromatic carbocycles. The predicted octanol–water partition coefficient (Wildman–Crippen LogP) is 3.61. The van der Waals surface area contributed by atoms with Crippen LogP contribution in [0.15, 0.2) is 58.4 Å². The maximum absolute atomic E-state index is 4.61. The first-order valence-corrected chi connectivity index (χ1v) is 9.26. The average molecular weight is 485 g/mol. The average Bonchev–Trinajstić information content (AvgIpc) is 2.63. The number of pyridine rings is 1. The number of aromatic nitrogens is 1. The summed E-state index contributed by atoms with van der Waals surface area (Å²) in [6.45, 7) is 3.69. The monoisotopic (exact) mass is 485 g/mol. The fourth-order valence-corrected chi connectivity index (χ4v) is 3.17. The fourth-order valence-electron chi connectivity index (χ4n) is 2.22. The summed E-state index contributed by atoms with van der Waals surface area (Å²) in [7, 11) is 5.77. The van der Waals surface area contributed by atoms with Crippen molar-refractivity contribution in [2.24, 2.45) is 4.99 Å². The van der Waals surface area contributed by atoms with Crippen LogP contribution in [0.2, 0.25) is 0 Å². The minimum atomic E-state index is 0. The second-order valence-corrected chi connectivity index (χ2v) is 7.44. The largest absolute Gasteiger partial charge is 0.363 e. The van der Waals surface area contributed by atoms with Crippen LogP contribution in [-0.2, 0) is 6.54 Å². The second kappa shape index (κ2) is 12.0. The Morgan fingerprint density at radius 3 is 2.50 bits per heavy atom. The zero-order valence-electron chi connectivity index (χ0n) is 15.8. The smallest absolute Gasteiger partial charge is 0.191 e. The first kappa shape index (κ1) is 22.6. The predicted molar refractivity (Wildman–Crippen MR) is 124 cm³/mol. The molecule has 1 aromatic heterocycles. The van der Waals surface area contributed by atoms with Crippen LogP contribution >= 0.6 is 35.7 Å². The van der Waals surface area contributed by atoms with Crippen molar-refractivity contribution in [2.75, 3.05) is 32.6 Å². The number of nitrogens with zero attached hydrogens (tertiary/aromatic N) is 3. The highest BCUT2D eigenvalue weighted by Gasteiger charge is 2.06. The van der Waals surface area contributed by atoms with Gasteiger partial charge in [0.05, 0.1) is 12.2 Å². The summed E-state index contributed by atoms with van der Waals surface area (Å²) in [5.41, 5.74) is 0.987. The van der Waals surface area contributed by atoms with Crippen LogP contribution in [0.3, 0.4) is 0 Å². The van der Waals surface area contributed by atoms with E-state index in [2.05, 4.69) is 51.8 Å². The van der Waals surface area contributed by atoms with Crippen molar-refractivity contribution >= 4 is 47.5 Å². The Morgan fingerprint density at radius 2 is 1.85 bits per heavy atom. The molecule has 0 fully saturated rings. The van der Waals surface area contributed by atoms with Gasteiger partial charge in [0.1, 0.15) is 5.82 Å². The first-order valence-electron chi connectivity index (χ1n) is 8.38. The number of anilines is 1. The van der Waals surface area contributed by atoms with Crippen LogP contribution < -0.4 is 15.5 Å². The van der Waals surface area contributed by atoms with Gasteiger partial charge in [-0.15, -0.1) is 35.7 Å². The lowest BCUT2D eigenvalue weighted by molar-refractivity contribution is 0.779. The minimum Gasteiger partial charge on any atom is -0.363 e. The Morgan fingerprint density at radius 1 is 1.12 bits per heavy atom. The molecular weight excluding hydrogens is 457 g/mol. The third-order valence-electron chi connectivity index (χ3n) is 3.55. The SMILES string of the molecule is CN=C(NCc1cccc(N(C)C)n1)NCC(C)Sc1ccccc1.I. The van der Waals surface area contributed by atoms with Crippen LogP contribution in [0.5, 0.6) is 0 Å². The standard InChI is InChI=1S/C19H27N5S.HI/c1-15(25-17-10-6-5-7-11-17)13-21-19(20-2)22-14-16-9-8-12-18(23-16)24(3)4;/h5-12,15H,13-14H2,1-4H3,(H2,20,21,22);1H. The topological polar surface area (TPSA) is 52.6 Å². The molecule has 5 nitrogen and oxygen atoms in total. The van der Waals surface area contributed by atoms with E-state index in [1.54, 1.807) is 7.05 Å². The molecule has 0 saturated heterocycles. The third-order valence-corrected chi connectivity index (χ3v) is 4.66. The minimum absolute atomic E-state index is 0. The summed E-state index contributed by atoms with van der Waals surface area (Å²) in [5.74, 6) is 1.74. The normalized spacial score (nSPS) is 12.1. The van der Waals surface area contributed by atoms with Crippen molar-refractivity contribution in [2.45, 2.75) is 23.6 Å². The maximum Gasteiger partial charge on any atom is 0.191 e. The maximum atomic E-state index is 4.61. The summed E-state index contributed by atoms with van der Waals surface area (Å²) in [6.07, 6.45) is 0. The molecule has 142 valence electrons. The van der Waals surface area contributed by atoms with Crippen LogP contribution in [0, 0.1) is 0 Å². The van der Waals surface area contributed by atoms with E-state index >= 15 is 0 Å². The van der Waals surface area contributed by atoms with Gasteiger partial charge in [0.15, 0.2) is 5.96 Å². The van der Waals surface area contributed by atoms with Gasteiger partial charge in [0, 0.05) is 37.8 Å². The number of nitrogens with one attached hydrogen (secondary N) is 2. The van der Waals surface area contributed by atoms with Gasteiger partial charge in [-0.3, -0.25) is 4.99 Å². The van der Waals surface area contributed by atoms with Crippen LogP contribution in [-0.4, -0.2) is 43.9 Å². The number of guanidine groups is 1. The highest BCUT2D eigenvalue weighted by Crippen LogP contribution is 2.21. The first-order chi connectivity index (χ1) is 12.1. The van der Waals surface area contributed by atoms with Crippen molar-refractivity contribution in [3.63, 3.8) is 0 Å². The van der Waals surface area contributed by atoms with Crippen molar-refractivity contribution in [1.82, 2.24) is 15.6 Å². The van der Waals surface area contributed by atoms with Gasteiger partial charge in [-0.05, 0) is 24.3 Å². The molecule has 0 radical (unpaired) electrons. The zero-order chi connectivity index (χ0) is 18.1. The Bertz CT molecular complexity index is 679. The van der Waals surface area contributed by atoms with Crippen molar-refractivity contribution < 1.29 is 0 Å². The van der Waals surface area contributed by atoms with Crippen LogP contribution in [0.4, 0.5) is 5.82 Å². The molecular formula is C19H28IN5S. The van der Waals surface area contributed by atoms with E-state index in [0.717, 1.165) is 24.0 Å². The zero-order valence-corrected chi connectivity index (χ0v) is 18.9. The van der Waals surface area contributed by atoms with E-state index in [-0.39, 0.29) is 24.0 Å². The lowest BCUT2D eigenvalue weighted by Crippen LogP contribution is -2.39. The van der Waals surface area contributed by atoms with Crippen molar-refractivity contribution in [3.05, 3.63) is 54.2 Å². The Labute approximate surface area is 178 Å². The van der Waals surface area contributed by atoms with E-state index < -0.39 is 0 Å². The van der Waals surface area contributed by atoms with E-state index in [4.69, 9.17) is 0 Å². The molecule has 0 amide bonds. The van der Waals surface area contributed by atoms with Crippen LogP contribution in [0.1, 0.15) is 12.6 Å². The quantitative estimate of drug-likeness (QED) is 0.272. The summed E-state index contributed by atoms with van der Waals surface area (Å²) in [4.78, 5) is 12.2. The molecule has 2 aromatic rings. The number of thioether (sulfide) groups is 1. The molecule has 1 heterocycles. The molecule has 0 spiro atoms. The number of hydrogen-bond donors (Lipinski definition) is 2. The molecule has 1 unspecified atom stereocenters. The summed E-state index contributed by atoms with van der Waals surface area (Å²) < 4.78 is 0. The van der Waals surface area contributed by atoms with Gasteiger partial charge in [-0.1, -0.05) is 31.2 Å². The molecule has 0 aliphatic heterocycles. The van der Waals surface area contributed by atoms with Crippen LogP contribution in [0.25, 0.3) is 0 Å².